The number of anilines is 1. The van der Waals surface area contributed by atoms with Gasteiger partial charge in [-0.1, -0.05) is 24.3 Å². The van der Waals surface area contributed by atoms with E-state index in [1.54, 1.807) is 36.5 Å². The molecule has 12 heteroatoms. The van der Waals surface area contributed by atoms with Crippen LogP contribution in [0.15, 0.2) is 54.7 Å². The number of nitrogens with zero attached hydrogens (tertiary/aromatic N) is 4. The molecule has 2 saturated heterocycles. The third-order valence-electron chi connectivity index (χ3n) is 8.48. The van der Waals surface area contributed by atoms with Crippen LogP contribution in [0.5, 0.6) is 0 Å². The number of carbonyl (C=O) groups excluding carboxylic acids is 5. The van der Waals surface area contributed by atoms with Crippen LogP contribution in [0, 0.1) is 5.82 Å². The summed E-state index contributed by atoms with van der Waals surface area (Å²) in [7, 11) is 0. The fraction of sp³-hybridized carbons (Fsp3) is 0.312. The van der Waals surface area contributed by atoms with Gasteiger partial charge in [0.1, 0.15) is 17.6 Å². The molecule has 5 amide bonds. The highest BCUT2D eigenvalue weighted by Crippen LogP contribution is 2.31. The minimum atomic E-state index is -1.03. The lowest BCUT2D eigenvalue weighted by Crippen LogP contribution is -2.54. The molecule has 0 radical (unpaired) electrons. The van der Waals surface area contributed by atoms with Gasteiger partial charge in [-0.25, -0.2) is 4.39 Å². The maximum absolute atomic E-state index is 15.2. The van der Waals surface area contributed by atoms with Crippen molar-refractivity contribution in [2.75, 3.05) is 31.1 Å². The molecule has 0 saturated carbocycles. The Morgan fingerprint density at radius 1 is 0.955 bits per heavy atom. The Morgan fingerprint density at radius 3 is 2.48 bits per heavy atom. The molecule has 11 nitrogen and oxygen atoms in total. The van der Waals surface area contributed by atoms with E-state index in [2.05, 4.69) is 20.1 Å². The Kier molecular flexibility index (Phi) is 7.92. The number of nitrogens with two attached hydrogens (primary N) is 1. The Bertz CT molecular complexity index is 1690. The predicted molar refractivity (Wildman–Crippen MR) is 157 cm³/mol. The predicted octanol–water partition coefficient (Wildman–Crippen LogP) is 1.83. The van der Waals surface area contributed by atoms with E-state index in [4.69, 9.17) is 5.73 Å². The van der Waals surface area contributed by atoms with E-state index in [0.717, 1.165) is 29.2 Å². The second-order valence-corrected chi connectivity index (χ2v) is 11.2. The first kappa shape index (κ1) is 29.1. The van der Waals surface area contributed by atoms with Gasteiger partial charge < -0.3 is 10.6 Å². The Morgan fingerprint density at radius 2 is 1.75 bits per heavy atom. The molecular formula is C32H31FN6O5. The van der Waals surface area contributed by atoms with Gasteiger partial charge in [-0.15, -0.1) is 0 Å². The van der Waals surface area contributed by atoms with Gasteiger partial charge in [-0.05, 0) is 54.7 Å². The summed E-state index contributed by atoms with van der Waals surface area (Å²) in [5.41, 5.74) is 8.94. The van der Waals surface area contributed by atoms with Crippen LogP contribution in [0.2, 0.25) is 0 Å². The molecule has 0 bridgehead atoms. The quantitative estimate of drug-likeness (QED) is 0.374. The number of nitrogens with one attached hydrogen (secondary N) is 1. The van der Waals surface area contributed by atoms with E-state index in [0.29, 0.717) is 43.6 Å². The number of aromatic nitrogens is 1. The molecular weight excluding hydrogens is 567 g/mol. The smallest absolute Gasteiger partial charge is 0.267 e. The first-order chi connectivity index (χ1) is 21.2. The van der Waals surface area contributed by atoms with E-state index >= 15 is 4.39 Å². The second-order valence-electron chi connectivity index (χ2n) is 11.2. The average molecular weight is 599 g/mol. The zero-order valence-electron chi connectivity index (χ0n) is 23.9. The summed E-state index contributed by atoms with van der Waals surface area (Å²) in [5, 5.41) is 2.20. The standard InChI is InChI=1S/C32H31FN6O5/c33-24-16-19(5-7-21(24)18-37-12-14-38(15-13-37)22-10-11-35-25(17-22)29(34)41)4-6-20-2-1-3-23-28(20)32(44)39(31(23)43)26-8-9-27(40)36-30(26)42/h1-3,5,7,10-11,16-17,26H,4,6,8-9,12-15,18H2,(H2,34,41)(H,36,40,42). The van der Waals surface area contributed by atoms with Crippen molar-refractivity contribution in [1.82, 2.24) is 20.1 Å². The van der Waals surface area contributed by atoms with Gasteiger partial charge in [-0.2, -0.15) is 0 Å². The summed E-state index contributed by atoms with van der Waals surface area (Å²) in [6.45, 7) is 3.33. The zero-order chi connectivity index (χ0) is 31.0. The molecule has 2 aromatic carbocycles. The number of fused-ring (bicyclic) bond motifs is 1. The van der Waals surface area contributed by atoms with Gasteiger partial charge >= 0.3 is 0 Å². The van der Waals surface area contributed by atoms with Crippen molar-refractivity contribution in [1.29, 1.82) is 0 Å². The van der Waals surface area contributed by atoms with Crippen LogP contribution in [-0.4, -0.2) is 76.5 Å². The summed E-state index contributed by atoms with van der Waals surface area (Å²) in [5.74, 6) is -3.05. The maximum Gasteiger partial charge on any atom is 0.267 e. The number of primary amides is 1. The van der Waals surface area contributed by atoms with Crippen molar-refractivity contribution in [2.45, 2.75) is 38.3 Å². The van der Waals surface area contributed by atoms with Crippen LogP contribution >= 0.6 is 0 Å². The zero-order valence-corrected chi connectivity index (χ0v) is 23.9. The fourth-order valence-electron chi connectivity index (χ4n) is 6.10. The van der Waals surface area contributed by atoms with E-state index in [-0.39, 0.29) is 35.5 Å². The Balaban J connectivity index is 1.07. The summed E-state index contributed by atoms with van der Waals surface area (Å²) in [6.07, 6.45) is 2.57. The SMILES string of the molecule is NC(=O)c1cc(N2CCN(Cc3ccc(CCc4cccc5c4C(=O)N(C4CCC(=O)NC4=O)C5=O)cc3F)CC2)ccn1. The monoisotopic (exact) mass is 598 g/mol. The minimum absolute atomic E-state index is 0.0548. The number of aryl methyl sites for hydroxylation is 2. The summed E-state index contributed by atoms with van der Waals surface area (Å²) >= 11 is 0. The molecule has 44 heavy (non-hydrogen) atoms. The summed E-state index contributed by atoms with van der Waals surface area (Å²) < 4.78 is 15.2. The lowest BCUT2D eigenvalue weighted by molar-refractivity contribution is -0.136. The molecule has 1 unspecified atom stereocenters. The van der Waals surface area contributed by atoms with Gasteiger partial charge in [0.25, 0.3) is 17.7 Å². The van der Waals surface area contributed by atoms with Crippen molar-refractivity contribution >= 4 is 35.2 Å². The van der Waals surface area contributed by atoms with Crippen LogP contribution in [0.4, 0.5) is 10.1 Å². The van der Waals surface area contributed by atoms with Crippen molar-refractivity contribution in [3.8, 4) is 0 Å². The van der Waals surface area contributed by atoms with Crippen molar-refractivity contribution < 1.29 is 28.4 Å². The number of carbonyl (C=O) groups is 5. The van der Waals surface area contributed by atoms with Gasteiger partial charge in [0, 0.05) is 56.6 Å². The number of rotatable bonds is 8. The van der Waals surface area contributed by atoms with Crippen LogP contribution in [0.25, 0.3) is 0 Å². The van der Waals surface area contributed by atoms with Gasteiger partial charge in [0.05, 0.1) is 11.1 Å². The lowest BCUT2D eigenvalue weighted by atomic mass is 9.96. The number of pyridine rings is 1. The first-order valence-electron chi connectivity index (χ1n) is 14.5. The number of hydrogen-bond donors (Lipinski definition) is 2. The molecule has 1 aromatic heterocycles. The van der Waals surface area contributed by atoms with Crippen LogP contribution in [0.3, 0.4) is 0 Å². The molecule has 3 aromatic rings. The van der Waals surface area contributed by atoms with Crippen LogP contribution in [0.1, 0.15) is 60.7 Å². The van der Waals surface area contributed by atoms with Crippen LogP contribution < -0.4 is 16.0 Å². The Labute approximate surface area is 252 Å². The number of benzene rings is 2. The third-order valence-corrected chi connectivity index (χ3v) is 8.48. The largest absolute Gasteiger partial charge is 0.369 e. The molecule has 4 heterocycles. The number of amides is 5. The number of halogens is 1. The maximum atomic E-state index is 15.2. The normalized spacial score (nSPS) is 18.9. The fourth-order valence-corrected chi connectivity index (χ4v) is 6.10. The highest BCUT2D eigenvalue weighted by molar-refractivity contribution is 6.24. The number of piperazine rings is 1. The van der Waals surface area contributed by atoms with Crippen molar-refractivity contribution in [3.05, 3.63) is 94.1 Å². The lowest BCUT2D eigenvalue weighted by Gasteiger charge is -2.36. The number of imide groups is 2. The molecule has 3 N–H and O–H groups in total. The first-order valence-corrected chi connectivity index (χ1v) is 14.5. The molecule has 6 rings (SSSR count). The molecule has 0 aliphatic carbocycles. The second kappa shape index (κ2) is 12.0. The number of hydrogen-bond acceptors (Lipinski definition) is 8. The minimum Gasteiger partial charge on any atom is -0.369 e. The summed E-state index contributed by atoms with van der Waals surface area (Å²) in [4.78, 5) is 71.1. The van der Waals surface area contributed by atoms with E-state index < -0.39 is 35.6 Å². The molecule has 0 spiro atoms. The van der Waals surface area contributed by atoms with Gasteiger partial charge in [0.2, 0.25) is 11.8 Å². The summed E-state index contributed by atoms with van der Waals surface area (Å²) in [6, 6.07) is 12.7. The average Bonchev–Trinajstić information content (AvgIpc) is 3.27. The highest BCUT2D eigenvalue weighted by atomic mass is 19.1. The topological polar surface area (TPSA) is 146 Å². The van der Waals surface area contributed by atoms with E-state index in [9.17, 15) is 24.0 Å². The molecule has 1 atom stereocenters. The van der Waals surface area contributed by atoms with Crippen LogP contribution in [-0.2, 0) is 29.0 Å². The van der Waals surface area contributed by atoms with Crippen molar-refractivity contribution in [2.24, 2.45) is 5.73 Å². The third kappa shape index (κ3) is 5.68. The molecule has 3 aliphatic heterocycles. The molecule has 3 aliphatic rings. The van der Waals surface area contributed by atoms with E-state index in [1.807, 2.05) is 12.1 Å². The van der Waals surface area contributed by atoms with Gasteiger partial charge in [-0.3, -0.25) is 44.1 Å². The van der Waals surface area contributed by atoms with Crippen molar-refractivity contribution in [3.63, 3.8) is 0 Å². The Hall–Kier alpha value is -4.97. The molecule has 2 fully saturated rings. The highest BCUT2D eigenvalue weighted by Gasteiger charge is 2.45. The van der Waals surface area contributed by atoms with E-state index in [1.165, 1.54) is 6.07 Å². The number of piperidine rings is 1. The van der Waals surface area contributed by atoms with Gasteiger partial charge in [0.15, 0.2) is 0 Å². The molecule has 226 valence electrons.